The zero-order chi connectivity index (χ0) is 18.2. The van der Waals surface area contributed by atoms with Gasteiger partial charge in [0.05, 0.1) is 0 Å². The van der Waals surface area contributed by atoms with Crippen molar-refractivity contribution in [2.45, 2.75) is 32.2 Å². The summed E-state index contributed by atoms with van der Waals surface area (Å²) >= 11 is 0. The summed E-state index contributed by atoms with van der Waals surface area (Å²) in [6.07, 6.45) is 3.10. The molecule has 1 aromatic carbocycles. The number of hydrogen-bond donors (Lipinski definition) is 2. The third kappa shape index (κ3) is 6.19. The van der Waals surface area contributed by atoms with Crippen LogP contribution in [0.2, 0.25) is 0 Å². The number of amides is 3. The predicted octanol–water partition coefficient (Wildman–Crippen LogP) is 1.07. The number of imide groups is 1. The number of rotatable bonds is 6. The lowest BCUT2D eigenvalue weighted by atomic mass is 9.89. The molecule has 3 N–H and O–H groups in total. The summed E-state index contributed by atoms with van der Waals surface area (Å²) in [5.74, 6) is -0.584. The van der Waals surface area contributed by atoms with Crippen LogP contribution in [0.15, 0.2) is 30.3 Å². The maximum Gasteiger partial charge on any atom is 0.323 e. The smallest absolute Gasteiger partial charge is 0.323 e. The minimum absolute atomic E-state index is 0.418. The van der Waals surface area contributed by atoms with Gasteiger partial charge in [-0.05, 0) is 50.8 Å². The second-order valence-corrected chi connectivity index (χ2v) is 6.37. The van der Waals surface area contributed by atoms with Crippen molar-refractivity contribution in [2.75, 3.05) is 19.7 Å². The van der Waals surface area contributed by atoms with Gasteiger partial charge in [0.2, 0.25) is 0 Å². The highest BCUT2D eigenvalue weighted by Crippen LogP contribution is 2.23. The molecule has 1 saturated heterocycles. The Morgan fingerprint density at radius 2 is 1.88 bits per heavy atom. The fourth-order valence-corrected chi connectivity index (χ4v) is 3.07. The van der Waals surface area contributed by atoms with Gasteiger partial charge in [-0.25, -0.2) is 4.79 Å². The van der Waals surface area contributed by atoms with Gasteiger partial charge in [-0.3, -0.25) is 19.8 Å². The fraction of sp³-hybridized carbons (Fsp3) is 0.500. The first-order valence-corrected chi connectivity index (χ1v) is 8.49. The van der Waals surface area contributed by atoms with Crippen molar-refractivity contribution in [1.82, 2.24) is 10.2 Å². The lowest BCUT2D eigenvalue weighted by Gasteiger charge is -2.35. The Hall–Kier alpha value is -2.41. The van der Waals surface area contributed by atoms with Crippen molar-refractivity contribution >= 4 is 17.9 Å². The number of piperidine rings is 1. The summed E-state index contributed by atoms with van der Waals surface area (Å²) in [6.45, 7) is 2.91. The normalized spacial score (nSPS) is 16.8. The van der Waals surface area contributed by atoms with Crippen LogP contribution in [0.5, 0.6) is 0 Å². The van der Waals surface area contributed by atoms with Gasteiger partial charge in [0.1, 0.15) is 6.04 Å². The lowest BCUT2D eigenvalue weighted by Crippen LogP contribution is -2.46. The van der Waals surface area contributed by atoms with Crippen LogP contribution in [0.4, 0.5) is 4.79 Å². The van der Waals surface area contributed by atoms with Crippen LogP contribution >= 0.6 is 0 Å². The van der Waals surface area contributed by atoms with Crippen LogP contribution in [0.3, 0.4) is 0 Å². The number of ether oxygens (including phenoxy) is 1. The van der Waals surface area contributed by atoms with E-state index >= 15 is 0 Å². The minimum atomic E-state index is -0.963. The number of esters is 1. The Labute approximate surface area is 147 Å². The standard InChI is InChI=1S/C18H25N3O4/c1-13(17(23)25-12-16(22)20-18(19)24)21-9-7-15(8-10-21)11-14-5-3-2-4-6-14/h2-6,13,15H,7-12H2,1H3,(H3,19,20,22,24)/t13-/m1/s1. The monoisotopic (exact) mass is 347 g/mol. The Morgan fingerprint density at radius 3 is 2.48 bits per heavy atom. The number of primary amides is 1. The average molecular weight is 347 g/mol. The van der Waals surface area contributed by atoms with E-state index in [1.54, 1.807) is 6.92 Å². The number of likely N-dealkylation sites (tertiary alicyclic amines) is 1. The number of carbonyl (C=O) groups is 3. The first-order valence-electron chi connectivity index (χ1n) is 8.49. The molecule has 1 aliphatic heterocycles. The second-order valence-electron chi connectivity index (χ2n) is 6.37. The maximum absolute atomic E-state index is 12.0. The van der Waals surface area contributed by atoms with Gasteiger partial charge in [0.25, 0.3) is 5.91 Å². The molecule has 1 aromatic rings. The quantitative estimate of drug-likeness (QED) is 0.750. The van der Waals surface area contributed by atoms with Gasteiger partial charge in [-0.2, -0.15) is 0 Å². The molecular weight excluding hydrogens is 322 g/mol. The molecule has 0 spiro atoms. The van der Waals surface area contributed by atoms with E-state index in [1.807, 2.05) is 11.4 Å². The maximum atomic E-state index is 12.0. The predicted molar refractivity (Wildman–Crippen MR) is 92.6 cm³/mol. The van der Waals surface area contributed by atoms with Crippen molar-refractivity contribution in [2.24, 2.45) is 11.7 Å². The third-order valence-corrected chi connectivity index (χ3v) is 4.51. The summed E-state index contributed by atoms with van der Waals surface area (Å²) in [5, 5.41) is 1.85. The Bertz CT molecular complexity index is 598. The van der Waals surface area contributed by atoms with Crippen molar-refractivity contribution < 1.29 is 19.1 Å². The molecular formula is C18H25N3O4. The molecule has 0 saturated carbocycles. The summed E-state index contributed by atoms with van der Waals surface area (Å²) in [6, 6.07) is 9.03. The molecule has 0 aliphatic carbocycles. The van der Waals surface area contributed by atoms with Crippen LogP contribution in [0.25, 0.3) is 0 Å². The van der Waals surface area contributed by atoms with E-state index in [9.17, 15) is 14.4 Å². The van der Waals surface area contributed by atoms with Gasteiger partial charge in [0.15, 0.2) is 6.61 Å². The summed E-state index contributed by atoms with van der Waals surface area (Å²) < 4.78 is 4.94. The van der Waals surface area contributed by atoms with E-state index in [0.29, 0.717) is 5.92 Å². The van der Waals surface area contributed by atoms with Crippen LogP contribution in [-0.4, -0.2) is 48.5 Å². The van der Waals surface area contributed by atoms with E-state index in [-0.39, 0.29) is 0 Å². The molecule has 2 rings (SSSR count). The molecule has 7 heteroatoms. The number of urea groups is 1. The largest absolute Gasteiger partial charge is 0.454 e. The van der Waals surface area contributed by atoms with Gasteiger partial charge < -0.3 is 10.5 Å². The zero-order valence-electron chi connectivity index (χ0n) is 14.4. The van der Waals surface area contributed by atoms with Crippen LogP contribution in [-0.2, 0) is 20.7 Å². The molecule has 25 heavy (non-hydrogen) atoms. The number of benzene rings is 1. The number of nitrogens with zero attached hydrogens (tertiary/aromatic N) is 1. The third-order valence-electron chi connectivity index (χ3n) is 4.51. The van der Waals surface area contributed by atoms with Gasteiger partial charge in [0, 0.05) is 0 Å². The van der Waals surface area contributed by atoms with Crippen molar-refractivity contribution in [3.05, 3.63) is 35.9 Å². The van der Waals surface area contributed by atoms with E-state index in [2.05, 4.69) is 29.2 Å². The number of nitrogens with two attached hydrogens (primary N) is 1. The molecule has 0 bridgehead atoms. The molecule has 136 valence electrons. The highest BCUT2D eigenvalue weighted by Gasteiger charge is 2.28. The number of nitrogens with one attached hydrogen (secondary N) is 1. The minimum Gasteiger partial charge on any atom is -0.454 e. The first kappa shape index (κ1) is 18.9. The number of hydrogen-bond acceptors (Lipinski definition) is 5. The van der Waals surface area contributed by atoms with Gasteiger partial charge >= 0.3 is 12.0 Å². The van der Waals surface area contributed by atoms with Crippen LogP contribution < -0.4 is 11.1 Å². The van der Waals surface area contributed by atoms with Crippen molar-refractivity contribution in [3.8, 4) is 0 Å². The molecule has 0 radical (unpaired) electrons. The van der Waals surface area contributed by atoms with E-state index in [1.165, 1.54) is 5.56 Å². The highest BCUT2D eigenvalue weighted by atomic mass is 16.5. The molecule has 0 unspecified atom stereocenters. The summed E-state index contributed by atoms with van der Waals surface area (Å²) in [5.41, 5.74) is 6.17. The van der Waals surface area contributed by atoms with Crippen molar-refractivity contribution in [3.63, 3.8) is 0 Å². The highest BCUT2D eigenvalue weighted by molar-refractivity contribution is 5.94. The Balaban J connectivity index is 1.72. The Kier molecular flexibility index (Phi) is 6.94. The van der Waals surface area contributed by atoms with Crippen LogP contribution in [0, 0.1) is 5.92 Å². The average Bonchev–Trinajstić information content (AvgIpc) is 2.60. The fourth-order valence-electron chi connectivity index (χ4n) is 3.07. The molecule has 0 aromatic heterocycles. The first-order chi connectivity index (χ1) is 12.0. The second kappa shape index (κ2) is 9.17. The molecule has 1 atom stereocenters. The van der Waals surface area contributed by atoms with Gasteiger partial charge in [-0.1, -0.05) is 30.3 Å². The topological polar surface area (TPSA) is 102 Å². The van der Waals surface area contributed by atoms with E-state index in [0.717, 1.165) is 32.4 Å². The van der Waals surface area contributed by atoms with E-state index in [4.69, 9.17) is 10.5 Å². The molecule has 3 amide bonds. The Morgan fingerprint density at radius 1 is 1.24 bits per heavy atom. The molecule has 7 nitrogen and oxygen atoms in total. The molecule has 1 fully saturated rings. The zero-order valence-corrected chi connectivity index (χ0v) is 14.4. The SMILES string of the molecule is C[C@H](C(=O)OCC(=O)NC(N)=O)N1CCC(Cc2ccccc2)CC1. The molecule has 1 aliphatic rings. The van der Waals surface area contributed by atoms with Crippen LogP contribution in [0.1, 0.15) is 25.3 Å². The summed E-state index contributed by atoms with van der Waals surface area (Å²) in [4.78, 5) is 35.9. The van der Waals surface area contributed by atoms with E-state index < -0.39 is 30.6 Å². The van der Waals surface area contributed by atoms with Gasteiger partial charge in [-0.15, -0.1) is 0 Å². The number of carbonyl (C=O) groups excluding carboxylic acids is 3. The van der Waals surface area contributed by atoms with Crippen molar-refractivity contribution in [1.29, 1.82) is 0 Å². The molecule has 1 heterocycles. The lowest BCUT2D eigenvalue weighted by molar-refractivity contribution is -0.153. The summed E-state index contributed by atoms with van der Waals surface area (Å²) in [7, 11) is 0.